The van der Waals surface area contributed by atoms with E-state index in [1.165, 1.54) is 0 Å². The summed E-state index contributed by atoms with van der Waals surface area (Å²) in [6.07, 6.45) is 4.27. The molecule has 0 saturated carbocycles. The number of carboxylic acid groups (broad SMARTS) is 1. The van der Waals surface area contributed by atoms with E-state index in [1.807, 2.05) is 26.0 Å². The van der Waals surface area contributed by atoms with Gasteiger partial charge in [0.05, 0.1) is 6.04 Å². The Kier molecular flexibility index (Phi) is 40.8. The van der Waals surface area contributed by atoms with Crippen LogP contribution in [0, 0.1) is 44.3 Å². The van der Waals surface area contributed by atoms with E-state index in [0.29, 0.717) is 55.8 Å². The summed E-state index contributed by atoms with van der Waals surface area (Å²) >= 11 is 0. The second kappa shape index (κ2) is 51.1. The van der Waals surface area contributed by atoms with Gasteiger partial charge in [-0.05, 0) is 137 Å². The number of rotatable bonds is 55. The van der Waals surface area contributed by atoms with Crippen LogP contribution >= 0.6 is 0 Å². The number of H-pyrrole nitrogens is 3. The first-order valence-electron chi connectivity index (χ1n) is 41.6. The number of amides is 10. The second-order valence-electron chi connectivity index (χ2n) is 31.4. The monoisotopic (exact) mass is 1740 g/mol. The lowest BCUT2D eigenvalue weighted by atomic mass is 9.99. The SMILES string of the molecule is CC(C)C[C@H](NC(=O)[C@H](Cc1c[nH]c2ccccc12)NC(=O)[C@H](CCCNC(=N)N)NC(=O)[C@H](CCCNC(=N)N)NC(=O)[C@H](Cc1c[nH]c2ccccc12)NC(=O)[C@H](CCCNC(=N)N)NC(=O)[C@H](CCCNC(=N)N)NC(=O)[C@H](Cc1c[nH]c2ccccc12)NC(=O)[C@H](CC(C)C)NC(=O)[C@@H](N)CCCNC(=N)N)C(=O)N[C@@H](CCCNC(=N)N)C(=O)O. The summed E-state index contributed by atoms with van der Waals surface area (Å²) in [6.45, 7) is 7.57. The number of hydrogen-bond donors (Lipinski definition) is 33. The molecule has 125 heavy (non-hydrogen) atoms. The van der Waals surface area contributed by atoms with E-state index >= 15 is 33.6 Å². The van der Waals surface area contributed by atoms with Crippen LogP contribution in [-0.4, -0.2) is 227 Å². The average Bonchev–Trinajstić information content (AvgIpc) is 1.79. The summed E-state index contributed by atoms with van der Waals surface area (Å²) in [5.41, 5.74) is 43.4. The minimum absolute atomic E-state index is 0.00306. The fraction of sp³-hybridized carbons (Fsp3) is 0.494. The Morgan fingerprint density at radius 1 is 0.304 bits per heavy atom. The number of hydrogen-bond acceptors (Lipinski definition) is 18. The molecule has 3 aromatic heterocycles. The number of carboxylic acids is 1. The highest BCUT2D eigenvalue weighted by molar-refractivity contribution is 6.00. The molecule has 6 aromatic rings. The number of nitrogens with one attached hydrogen (secondary N) is 25. The smallest absolute Gasteiger partial charge is 0.326 e. The van der Waals surface area contributed by atoms with Crippen molar-refractivity contribution in [3.63, 3.8) is 0 Å². The lowest BCUT2D eigenvalue weighted by molar-refractivity contribution is -0.142. The molecule has 6 rings (SSSR count). The van der Waals surface area contributed by atoms with Crippen LogP contribution in [0.4, 0.5) is 0 Å². The topological polar surface area (TPSA) is 773 Å². The van der Waals surface area contributed by atoms with Crippen LogP contribution < -0.4 is 125 Å². The van der Waals surface area contributed by atoms with Gasteiger partial charge in [0, 0.05) is 110 Å². The highest BCUT2D eigenvalue weighted by Gasteiger charge is 2.38. The van der Waals surface area contributed by atoms with Gasteiger partial charge in [-0.25, -0.2) is 4.79 Å². The third kappa shape index (κ3) is 34.8. The Hall–Kier alpha value is -14.0. The van der Waals surface area contributed by atoms with Crippen molar-refractivity contribution < 1.29 is 57.8 Å². The second-order valence-corrected chi connectivity index (χ2v) is 31.4. The molecule has 0 radical (unpaired) electrons. The third-order valence-electron chi connectivity index (χ3n) is 20.3. The molecule has 0 spiro atoms. The molecule has 0 unspecified atom stereocenters. The van der Waals surface area contributed by atoms with Gasteiger partial charge >= 0.3 is 5.97 Å². The van der Waals surface area contributed by atoms with E-state index in [9.17, 15) is 24.3 Å². The van der Waals surface area contributed by atoms with E-state index in [-0.39, 0.29) is 166 Å². The van der Waals surface area contributed by atoms with E-state index < -0.39 is 155 Å². The summed E-state index contributed by atoms with van der Waals surface area (Å²) in [7, 11) is 0. The molecule has 3 heterocycles. The third-order valence-corrected chi connectivity index (χ3v) is 20.3. The van der Waals surface area contributed by atoms with Gasteiger partial charge in [-0.2, -0.15) is 0 Å². The zero-order chi connectivity index (χ0) is 91.8. The van der Waals surface area contributed by atoms with Crippen molar-refractivity contribution in [3.8, 4) is 0 Å². The summed E-state index contributed by atoms with van der Waals surface area (Å²) in [6, 6.07) is 5.39. The van der Waals surface area contributed by atoms with Crippen molar-refractivity contribution in [3.05, 3.63) is 108 Å². The molecule has 682 valence electrons. The number of guanidine groups is 6. The van der Waals surface area contributed by atoms with Crippen LogP contribution in [0.15, 0.2) is 91.4 Å². The first-order valence-corrected chi connectivity index (χ1v) is 41.6. The number of aliphatic carboxylic acids is 1. The standard InChI is InChI=1S/C81H126N32O12/c1-43(2)35-60(109-65(114)51(82)20-11-29-95-76(83)84)71(120)113-63(38-46-41-102-53-22-9-6-18-49(46)53)73(122)107-56(25-13-31-97-78(87)88)67(116)104-57(26-14-32-98-79(89)90)68(117)111-62(37-45-40-101-52-21-8-5-17-48(45)52)72(121)106-55(24-12-30-96-77(85)86)66(115)105-58(27-15-33-99-80(91)92)69(118)112-64(39-47-42-103-54-23-10-7-19-50(47)54)74(123)110-61(36-44(3)4)70(119)108-59(75(124)125)28-16-34-100-81(93)94/h5-10,17-19,21-23,40-44,51,55-64,101-103H,11-16,20,24-39,82H2,1-4H3,(H,104,116)(H,105,115)(H,106,121)(H,107,122)(H,108,119)(H,109,114)(H,110,123)(H,111,117)(H,112,118)(H,113,120)(H,124,125)(H4,83,84,95)(H4,85,86,96)(H4,87,88,97)(H4,89,90,98)(H4,91,92,99)(H4,93,94,100)/t51-,55-,56-,57-,58-,59-,60-,61-,62-,63-,64-/m0/s1. The number of aromatic amines is 3. The Morgan fingerprint density at radius 3 is 0.768 bits per heavy atom. The lowest BCUT2D eigenvalue weighted by Crippen LogP contribution is -2.61. The maximum absolute atomic E-state index is 15.6. The van der Waals surface area contributed by atoms with Crippen LogP contribution in [0.25, 0.3) is 32.7 Å². The highest BCUT2D eigenvalue weighted by atomic mass is 16.4. The maximum Gasteiger partial charge on any atom is 0.326 e. The van der Waals surface area contributed by atoms with Crippen molar-refractivity contribution in [1.29, 1.82) is 32.5 Å². The van der Waals surface area contributed by atoms with E-state index in [1.54, 1.807) is 93.1 Å². The normalized spacial score (nSPS) is 13.8. The van der Waals surface area contributed by atoms with Gasteiger partial charge < -0.3 is 145 Å². The molecule has 40 N–H and O–H groups in total. The molecule has 10 amide bonds. The molecule has 44 heteroatoms. The van der Waals surface area contributed by atoms with Crippen molar-refractivity contribution in [2.45, 2.75) is 203 Å². The highest BCUT2D eigenvalue weighted by Crippen LogP contribution is 2.24. The summed E-state index contributed by atoms with van der Waals surface area (Å²) in [4.78, 5) is 172. The molecule has 0 aliphatic carbocycles. The van der Waals surface area contributed by atoms with Gasteiger partial charge in [-0.3, -0.25) is 80.4 Å². The minimum atomic E-state index is -1.63. The van der Waals surface area contributed by atoms with Gasteiger partial charge in [0.25, 0.3) is 0 Å². The quantitative estimate of drug-likeness (QED) is 0.0103. The number of benzene rings is 3. The Labute approximate surface area is 723 Å². The molecule has 0 bridgehead atoms. The average molecular weight is 1740 g/mol. The predicted molar refractivity (Wildman–Crippen MR) is 475 cm³/mol. The molecule has 0 aliphatic heterocycles. The lowest BCUT2D eigenvalue weighted by Gasteiger charge is -2.29. The summed E-state index contributed by atoms with van der Waals surface area (Å²) in [5, 5.41) is 102. The fourth-order valence-electron chi connectivity index (χ4n) is 14.0. The Balaban J connectivity index is 1.37. The largest absolute Gasteiger partial charge is 0.480 e. The van der Waals surface area contributed by atoms with Gasteiger partial charge in [-0.15, -0.1) is 0 Å². The minimum Gasteiger partial charge on any atom is -0.480 e. The van der Waals surface area contributed by atoms with Crippen LogP contribution in [0.5, 0.6) is 0 Å². The molecule has 0 aliphatic rings. The molecule has 11 atom stereocenters. The van der Waals surface area contributed by atoms with Crippen molar-refractivity contribution >= 4 is 134 Å². The Morgan fingerprint density at radius 2 is 0.512 bits per heavy atom. The van der Waals surface area contributed by atoms with Crippen LogP contribution in [0.1, 0.15) is 134 Å². The van der Waals surface area contributed by atoms with Crippen LogP contribution in [-0.2, 0) is 72.0 Å². The van der Waals surface area contributed by atoms with Gasteiger partial charge in [0.15, 0.2) is 35.8 Å². The number of carbonyl (C=O) groups is 11. The zero-order valence-electron chi connectivity index (χ0n) is 70.9. The van der Waals surface area contributed by atoms with E-state index in [2.05, 4.69) is 100 Å². The van der Waals surface area contributed by atoms with Gasteiger partial charge in [-0.1, -0.05) is 82.3 Å². The zero-order valence-corrected chi connectivity index (χ0v) is 70.9. The molecule has 0 fully saturated rings. The number of nitrogens with two attached hydrogens (primary N) is 7. The number of para-hydroxylation sites is 3. The number of fused-ring (bicyclic) bond motifs is 3. The van der Waals surface area contributed by atoms with E-state index in [4.69, 9.17) is 72.6 Å². The molecule has 0 saturated heterocycles. The maximum atomic E-state index is 15.6. The van der Waals surface area contributed by atoms with Crippen molar-refractivity contribution in [2.24, 2.45) is 52.0 Å². The van der Waals surface area contributed by atoms with Gasteiger partial charge in [0.2, 0.25) is 59.1 Å². The molecular weight excluding hydrogens is 1610 g/mol. The van der Waals surface area contributed by atoms with E-state index in [0.717, 1.165) is 0 Å². The van der Waals surface area contributed by atoms with Gasteiger partial charge in [0.1, 0.15) is 60.4 Å². The van der Waals surface area contributed by atoms with Crippen LogP contribution in [0.3, 0.4) is 0 Å². The first kappa shape index (κ1) is 99.8. The number of carbonyl (C=O) groups excluding carboxylic acids is 10. The van der Waals surface area contributed by atoms with Crippen molar-refractivity contribution in [2.75, 3.05) is 39.3 Å². The molecule has 44 nitrogen and oxygen atoms in total. The van der Waals surface area contributed by atoms with Crippen molar-refractivity contribution in [1.82, 2.24) is 100 Å². The fourth-order valence-corrected chi connectivity index (χ4v) is 14.0. The van der Waals surface area contributed by atoms with Crippen LogP contribution in [0.2, 0.25) is 0 Å². The number of aromatic nitrogens is 3. The summed E-state index contributed by atoms with van der Waals surface area (Å²) < 4.78 is 0. The summed E-state index contributed by atoms with van der Waals surface area (Å²) in [5.74, 6) is -12.9. The Bertz CT molecular complexity index is 4700. The molecule has 3 aromatic carbocycles. The first-order chi connectivity index (χ1) is 59.5. The molecular formula is C81H126N32O12. The predicted octanol–water partition coefficient (Wildman–Crippen LogP) is -2.91.